The highest BCUT2D eigenvalue weighted by atomic mass is 35.5. The summed E-state index contributed by atoms with van der Waals surface area (Å²) >= 11 is 7.34. The average molecular weight is 338 g/mol. The maximum atomic E-state index is 9.97. The molecule has 4 nitrogen and oxygen atoms in total. The molecule has 1 aliphatic rings. The summed E-state index contributed by atoms with van der Waals surface area (Å²) in [4.78, 5) is 7.59. The summed E-state index contributed by atoms with van der Waals surface area (Å²) in [7, 11) is 0.964. The molecule has 0 bridgehead atoms. The van der Waals surface area contributed by atoms with Gasteiger partial charge in [0.1, 0.15) is 0 Å². The first-order valence-corrected chi connectivity index (χ1v) is 8.38. The summed E-state index contributed by atoms with van der Waals surface area (Å²) in [5, 5.41) is 12.3. The van der Waals surface area contributed by atoms with Crippen LogP contribution in [0.4, 0.5) is 5.69 Å². The highest BCUT2D eigenvalue weighted by Crippen LogP contribution is 2.42. The number of anilines is 1. The minimum atomic E-state index is -0.519. The van der Waals surface area contributed by atoms with Crippen molar-refractivity contribution in [3.63, 3.8) is 0 Å². The van der Waals surface area contributed by atoms with Crippen molar-refractivity contribution in [3.8, 4) is 0 Å². The van der Waals surface area contributed by atoms with Crippen LogP contribution in [0.3, 0.4) is 0 Å². The largest absolute Gasteiger partial charge is 0.432 e. The van der Waals surface area contributed by atoms with Gasteiger partial charge in [0, 0.05) is 28.9 Å². The molecule has 3 rings (SSSR count). The molecule has 0 radical (unpaired) electrons. The minimum absolute atomic E-state index is 0.226. The van der Waals surface area contributed by atoms with E-state index in [1.165, 1.54) is 30.1 Å². The lowest BCUT2D eigenvalue weighted by Crippen LogP contribution is -2.36. The van der Waals surface area contributed by atoms with Crippen LogP contribution < -0.4 is 4.81 Å². The van der Waals surface area contributed by atoms with Crippen LogP contribution in [0.5, 0.6) is 0 Å². The summed E-state index contributed by atoms with van der Waals surface area (Å²) in [6.45, 7) is 2.53. The second-order valence-electron chi connectivity index (χ2n) is 5.33. The van der Waals surface area contributed by atoms with E-state index in [0.29, 0.717) is 5.88 Å². The molecule has 0 spiro atoms. The number of rotatable bonds is 5. The maximum absolute atomic E-state index is 9.97. The van der Waals surface area contributed by atoms with E-state index in [1.807, 2.05) is 10.9 Å². The van der Waals surface area contributed by atoms with Gasteiger partial charge >= 0.3 is 7.05 Å². The number of benzene rings is 2. The van der Waals surface area contributed by atoms with Crippen LogP contribution in [-0.2, 0) is 9.22 Å². The van der Waals surface area contributed by atoms with E-state index >= 15 is 0 Å². The van der Waals surface area contributed by atoms with E-state index in [2.05, 4.69) is 29.2 Å². The van der Waals surface area contributed by atoms with Crippen molar-refractivity contribution in [2.45, 2.75) is 17.6 Å². The molecule has 1 atom stereocenters. The van der Waals surface area contributed by atoms with Gasteiger partial charge in [-0.15, -0.1) is 11.6 Å². The molecule has 2 aromatic rings. The van der Waals surface area contributed by atoms with Gasteiger partial charge < -0.3 is 9.83 Å². The third-order valence-electron chi connectivity index (χ3n) is 3.98. The average Bonchev–Trinajstić information content (AvgIpc) is 2.91. The summed E-state index contributed by atoms with van der Waals surface area (Å²) in [5.41, 5.74) is 2.29. The van der Waals surface area contributed by atoms with Crippen molar-refractivity contribution in [1.29, 1.82) is 0 Å². The zero-order valence-electron chi connectivity index (χ0n) is 12.5. The highest BCUT2D eigenvalue weighted by molar-refractivity contribution is 7.94. The van der Waals surface area contributed by atoms with Crippen molar-refractivity contribution in [1.82, 2.24) is 0 Å². The minimum Gasteiger partial charge on any atom is -0.432 e. The Bertz CT molecular complexity index is 685. The van der Waals surface area contributed by atoms with Gasteiger partial charge in [0.2, 0.25) is 0 Å². The second-order valence-corrected chi connectivity index (χ2v) is 6.42. The Balaban J connectivity index is 2.07. The van der Waals surface area contributed by atoms with Gasteiger partial charge in [-0.3, -0.25) is 0 Å². The zero-order chi connectivity index (χ0) is 15.7. The molecule has 0 amide bonds. The van der Waals surface area contributed by atoms with Gasteiger partial charge in [0.15, 0.2) is 0 Å². The fourth-order valence-electron chi connectivity index (χ4n) is 3.03. The molecule has 1 aliphatic heterocycles. The van der Waals surface area contributed by atoms with Gasteiger partial charge in [-0.05, 0) is 41.4 Å². The zero-order valence-corrected chi connectivity index (χ0v) is 14.0. The molecular weight excluding hydrogens is 321 g/mol. The number of halogens is 1. The van der Waals surface area contributed by atoms with Crippen molar-refractivity contribution in [3.05, 3.63) is 35.9 Å². The van der Waals surface area contributed by atoms with E-state index in [9.17, 15) is 5.02 Å². The number of alkyl halides is 1. The van der Waals surface area contributed by atoms with E-state index in [1.54, 1.807) is 6.82 Å². The van der Waals surface area contributed by atoms with Crippen molar-refractivity contribution < 1.29 is 14.2 Å². The molecule has 1 N–H and O–H groups in total. The van der Waals surface area contributed by atoms with Gasteiger partial charge in [0.05, 0.1) is 19.2 Å². The van der Waals surface area contributed by atoms with Crippen LogP contribution in [-0.4, -0.2) is 31.6 Å². The van der Waals surface area contributed by atoms with E-state index in [-0.39, 0.29) is 5.92 Å². The quantitative estimate of drug-likeness (QED) is 0.296. The van der Waals surface area contributed by atoms with Gasteiger partial charge in [0.25, 0.3) is 0 Å². The Morgan fingerprint density at radius 3 is 2.91 bits per heavy atom. The maximum Gasteiger partial charge on any atom is 0.409 e. The Morgan fingerprint density at radius 2 is 2.23 bits per heavy atom. The van der Waals surface area contributed by atoms with Crippen LogP contribution in [0.2, 0.25) is 6.82 Å². The van der Waals surface area contributed by atoms with Crippen molar-refractivity contribution in [2.24, 2.45) is 0 Å². The summed E-state index contributed by atoms with van der Waals surface area (Å²) in [6.07, 6.45) is 0. The molecule has 0 fully saturated rings. The monoisotopic (exact) mass is 337 g/mol. The van der Waals surface area contributed by atoms with Gasteiger partial charge in [-0.1, -0.05) is 12.1 Å². The van der Waals surface area contributed by atoms with E-state index in [0.717, 1.165) is 22.5 Å². The van der Waals surface area contributed by atoms with Crippen molar-refractivity contribution >= 4 is 47.2 Å². The predicted octanol–water partition coefficient (Wildman–Crippen LogP) is 3.68. The Labute approximate surface area is 139 Å². The van der Waals surface area contributed by atoms with Crippen LogP contribution in [0.1, 0.15) is 11.5 Å². The van der Waals surface area contributed by atoms with E-state index in [4.69, 9.17) is 15.9 Å². The summed E-state index contributed by atoms with van der Waals surface area (Å²) in [5.74, 6) is 0.766. The first kappa shape index (κ1) is 16.0. The molecule has 1 heterocycles. The lowest BCUT2D eigenvalue weighted by Gasteiger charge is -2.20. The van der Waals surface area contributed by atoms with Gasteiger partial charge in [-0.2, -0.15) is 4.33 Å². The molecule has 22 heavy (non-hydrogen) atoms. The van der Waals surface area contributed by atoms with Crippen molar-refractivity contribution in [2.75, 3.05) is 24.3 Å². The highest BCUT2D eigenvalue weighted by Gasteiger charge is 2.33. The molecule has 0 saturated carbocycles. The third kappa shape index (κ3) is 2.82. The Morgan fingerprint density at radius 1 is 1.41 bits per heavy atom. The van der Waals surface area contributed by atoms with Gasteiger partial charge in [-0.25, -0.2) is 4.89 Å². The molecular formula is C15H17BClNO3S. The number of hydrogen-bond donors (Lipinski definition) is 1. The summed E-state index contributed by atoms with van der Waals surface area (Å²) < 4.78 is 4.91. The molecule has 1 unspecified atom stereocenters. The van der Waals surface area contributed by atoms with Crippen LogP contribution >= 0.6 is 23.6 Å². The standard InChI is InChI=1S/C15H17BClNO3S/c1-16(19)18-9-11(8-17)15-13-5-4-12(22-21-20-2)7-10(13)3-6-14(15)18/h3-7,11,19H,8-9H2,1-2H3. The lowest BCUT2D eigenvalue weighted by atomic mass is 9.85. The molecule has 116 valence electrons. The number of fused-ring (bicyclic) bond motifs is 3. The molecule has 0 aromatic heterocycles. The Kier molecular flexibility index (Phi) is 4.85. The SMILES string of the molecule is COOSc1ccc2c3c(ccc2c1)N(B(C)O)CC3CCl. The molecule has 7 heteroatoms. The molecule has 2 aromatic carbocycles. The topological polar surface area (TPSA) is 41.9 Å². The molecule has 0 aliphatic carbocycles. The number of hydrogen-bond acceptors (Lipinski definition) is 5. The third-order valence-corrected chi connectivity index (χ3v) is 5.00. The fourth-order valence-corrected chi connectivity index (χ4v) is 3.73. The van der Waals surface area contributed by atoms with Crippen LogP contribution in [0, 0.1) is 0 Å². The first-order chi connectivity index (χ1) is 10.7. The normalized spacial score (nSPS) is 17.1. The molecule has 0 saturated heterocycles. The van der Waals surface area contributed by atoms with E-state index < -0.39 is 7.05 Å². The predicted molar refractivity (Wildman–Crippen MR) is 92.5 cm³/mol. The lowest BCUT2D eigenvalue weighted by molar-refractivity contribution is -0.160. The second kappa shape index (κ2) is 6.68. The first-order valence-electron chi connectivity index (χ1n) is 7.10. The fraction of sp³-hybridized carbons (Fsp3) is 0.333. The summed E-state index contributed by atoms with van der Waals surface area (Å²) in [6, 6.07) is 10.3. The Hall–Kier alpha value is -0.915. The van der Waals surface area contributed by atoms with Crippen LogP contribution in [0.15, 0.2) is 35.2 Å². The smallest absolute Gasteiger partial charge is 0.409 e. The van der Waals surface area contributed by atoms with Crippen LogP contribution in [0.25, 0.3) is 10.8 Å². The number of nitrogens with zero attached hydrogens (tertiary/aromatic N) is 1.